The number of nitrogens with one attached hydrogen (secondary N) is 1. The summed E-state index contributed by atoms with van der Waals surface area (Å²) < 4.78 is 27.0. The molecule has 0 aliphatic rings. The van der Waals surface area contributed by atoms with E-state index in [-0.39, 0.29) is 23.4 Å². The van der Waals surface area contributed by atoms with Crippen molar-refractivity contribution in [1.29, 1.82) is 0 Å². The molecule has 2 aromatic carbocycles. The largest absolute Gasteiger partial charge is 0.332 e. The monoisotopic (exact) mass is 432 g/mol. The number of nitrogens with zero attached hydrogens (tertiary/aromatic N) is 1. The Morgan fingerprint density at radius 2 is 1.70 bits per heavy atom. The minimum atomic E-state index is -3.58. The first-order chi connectivity index (χ1) is 14.2. The molecule has 1 amide bonds. The minimum absolute atomic E-state index is 0.155. The highest BCUT2D eigenvalue weighted by molar-refractivity contribution is 7.89. The van der Waals surface area contributed by atoms with E-state index in [2.05, 4.69) is 31.3 Å². The second kappa shape index (κ2) is 10.7. The van der Waals surface area contributed by atoms with Gasteiger partial charge in [0, 0.05) is 30.3 Å². The molecular formula is C23H34N3O3S+. The Balaban J connectivity index is 2.13. The van der Waals surface area contributed by atoms with Crippen molar-refractivity contribution >= 4 is 21.6 Å². The van der Waals surface area contributed by atoms with Crippen LogP contribution in [0.15, 0.2) is 53.4 Å². The van der Waals surface area contributed by atoms with Gasteiger partial charge in [0.25, 0.3) is 5.91 Å². The zero-order valence-corrected chi connectivity index (χ0v) is 19.4. The molecule has 164 valence electrons. The summed E-state index contributed by atoms with van der Waals surface area (Å²) in [7, 11) is -3.58. The third-order valence-corrected chi connectivity index (χ3v) is 7.33. The van der Waals surface area contributed by atoms with Crippen molar-refractivity contribution in [3.8, 4) is 0 Å². The summed E-state index contributed by atoms with van der Waals surface area (Å²) in [6.07, 6.45) is 0. The molecule has 3 N–H and O–H groups in total. The van der Waals surface area contributed by atoms with E-state index in [1.807, 2.05) is 44.3 Å². The number of hydrogen-bond donors (Lipinski definition) is 2. The number of aryl methyl sites for hydroxylation is 1. The molecule has 0 aliphatic heterocycles. The zero-order chi connectivity index (χ0) is 22.3. The maximum Gasteiger partial charge on any atom is 0.279 e. The Hall–Kier alpha value is -2.22. The predicted octanol–water partition coefficient (Wildman–Crippen LogP) is 2.92. The summed E-state index contributed by atoms with van der Waals surface area (Å²) in [6, 6.07) is 15.2. The second-order valence-electron chi connectivity index (χ2n) is 7.73. The van der Waals surface area contributed by atoms with Crippen molar-refractivity contribution in [3.05, 3.63) is 59.7 Å². The van der Waals surface area contributed by atoms with Gasteiger partial charge in [0.15, 0.2) is 6.54 Å². The van der Waals surface area contributed by atoms with Crippen LogP contribution in [0, 0.1) is 12.8 Å². The van der Waals surface area contributed by atoms with Gasteiger partial charge in [-0.2, -0.15) is 4.31 Å². The predicted molar refractivity (Wildman–Crippen MR) is 121 cm³/mol. The van der Waals surface area contributed by atoms with Crippen molar-refractivity contribution in [3.63, 3.8) is 0 Å². The minimum Gasteiger partial charge on any atom is -0.332 e. The fourth-order valence-electron chi connectivity index (χ4n) is 3.51. The molecule has 0 aromatic heterocycles. The van der Waals surface area contributed by atoms with Crippen molar-refractivity contribution in [1.82, 2.24) is 4.31 Å². The van der Waals surface area contributed by atoms with E-state index in [0.29, 0.717) is 24.7 Å². The molecule has 7 heteroatoms. The number of sulfonamides is 1. The zero-order valence-electron chi connectivity index (χ0n) is 18.6. The number of benzene rings is 2. The molecule has 0 heterocycles. The van der Waals surface area contributed by atoms with Crippen molar-refractivity contribution in [2.75, 3.05) is 25.0 Å². The first kappa shape index (κ1) is 24.1. The van der Waals surface area contributed by atoms with Gasteiger partial charge in [-0.25, -0.2) is 8.42 Å². The van der Waals surface area contributed by atoms with Crippen LogP contribution >= 0.6 is 0 Å². The number of carbonyl (C=O) groups is 1. The van der Waals surface area contributed by atoms with Gasteiger partial charge < -0.3 is 10.6 Å². The Morgan fingerprint density at radius 3 is 2.27 bits per heavy atom. The smallest absolute Gasteiger partial charge is 0.279 e. The molecule has 0 aliphatic carbocycles. The topological polar surface area (TPSA) is 83.1 Å². The maximum absolute atomic E-state index is 12.8. The lowest BCUT2D eigenvalue weighted by atomic mass is 9.96. The molecule has 0 saturated carbocycles. The number of carbonyl (C=O) groups excluding carboxylic acids is 1. The van der Waals surface area contributed by atoms with Crippen LogP contribution < -0.4 is 10.6 Å². The summed E-state index contributed by atoms with van der Waals surface area (Å²) in [5.41, 5.74) is 2.54. The second-order valence-corrected chi connectivity index (χ2v) is 9.67. The lowest BCUT2D eigenvalue weighted by Crippen LogP contribution is -2.88. The number of hydrogen-bond acceptors (Lipinski definition) is 3. The number of amides is 1. The summed E-state index contributed by atoms with van der Waals surface area (Å²) in [5, 5.41) is 4.92. The van der Waals surface area contributed by atoms with Crippen LogP contribution in [0.25, 0.3) is 0 Å². The summed E-state index contributed by atoms with van der Waals surface area (Å²) in [4.78, 5) is 12.8. The average Bonchev–Trinajstić information content (AvgIpc) is 2.71. The molecule has 2 rings (SSSR count). The van der Waals surface area contributed by atoms with Crippen molar-refractivity contribution in [2.45, 2.75) is 45.6 Å². The van der Waals surface area contributed by atoms with Gasteiger partial charge in [-0.05, 0) is 24.6 Å². The SMILES string of the molecule is CCN(CC)S(=O)(=O)c1ccc(C)c(NC(=O)C[NH2+][C@@H](c2ccccc2)C(C)C)c1. The van der Waals surface area contributed by atoms with E-state index in [9.17, 15) is 13.2 Å². The Labute approximate surface area is 180 Å². The van der Waals surface area contributed by atoms with Gasteiger partial charge in [0.1, 0.15) is 6.04 Å². The van der Waals surface area contributed by atoms with E-state index in [1.54, 1.807) is 18.2 Å². The van der Waals surface area contributed by atoms with Gasteiger partial charge in [0.2, 0.25) is 10.0 Å². The van der Waals surface area contributed by atoms with Gasteiger partial charge in [0.05, 0.1) is 4.90 Å². The van der Waals surface area contributed by atoms with Crippen LogP contribution in [-0.4, -0.2) is 38.3 Å². The van der Waals surface area contributed by atoms with Crippen LogP contribution in [0.4, 0.5) is 5.69 Å². The highest BCUT2D eigenvalue weighted by Crippen LogP contribution is 2.23. The Kier molecular flexibility index (Phi) is 8.58. The normalized spacial score (nSPS) is 12.9. The fourth-order valence-corrected chi connectivity index (χ4v) is 5.00. The number of quaternary nitrogens is 1. The number of nitrogens with two attached hydrogens (primary N) is 1. The van der Waals surface area contributed by atoms with Crippen molar-refractivity contribution in [2.24, 2.45) is 5.92 Å². The van der Waals surface area contributed by atoms with Gasteiger partial charge in [-0.1, -0.05) is 64.1 Å². The molecule has 0 bridgehead atoms. The molecule has 0 saturated heterocycles. The van der Waals surface area contributed by atoms with E-state index in [1.165, 1.54) is 9.87 Å². The van der Waals surface area contributed by atoms with E-state index < -0.39 is 10.0 Å². The molecular weight excluding hydrogens is 398 g/mol. The van der Waals surface area contributed by atoms with Crippen molar-refractivity contribution < 1.29 is 18.5 Å². The molecule has 0 spiro atoms. The fraction of sp³-hybridized carbons (Fsp3) is 0.435. The molecule has 1 atom stereocenters. The van der Waals surface area contributed by atoms with Gasteiger partial charge in [-0.3, -0.25) is 4.79 Å². The molecule has 0 fully saturated rings. The molecule has 30 heavy (non-hydrogen) atoms. The lowest BCUT2D eigenvalue weighted by Gasteiger charge is -2.20. The van der Waals surface area contributed by atoms with Crippen LogP contribution in [-0.2, 0) is 14.8 Å². The molecule has 2 aromatic rings. The van der Waals surface area contributed by atoms with Crippen LogP contribution in [0.3, 0.4) is 0 Å². The Morgan fingerprint density at radius 1 is 1.07 bits per heavy atom. The number of rotatable bonds is 10. The van der Waals surface area contributed by atoms with Gasteiger partial charge in [-0.15, -0.1) is 0 Å². The van der Waals surface area contributed by atoms with E-state index in [0.717, 1.165) is 5.56 Å². The first-order valence-electron chi connectivity index (χ1n) is 10.5. The van der Waals surface area contributed by atoms with Gasteiger partial charge >= 0.3 is 0 Å². The van der Waals surface area contributed by atoms with E-state index >= 15 is 0 Å². The molecule has 0 radical (unpaired) electrons. The Bertz CT molecular complexity index is 939. The molecule has 0 unspecified atom stereocenters. The quantitative estimate of drug-likeness (QED) is 0.606. The highest BCUT2D eigenvalue weighted by atomic mass is 32.2. The van der Waals surface area contributed by atoms with Crippen LogP contribution in [0.1, 0.15) is 44.9 Å². The third kappa shape index (κ3) is 5.90. The number of anilines is 1. The highest BCUT2D eigenvalue weighted by Gasteiger charge is 2.23. The van der Waals surface area contributed by atoms with Crippen LogP contribution in [0.5, 0.6) is 0 Å². The van der Waals surface area contributed by atoms with E-state index in [4.69, 9.17) is 0 Å². The summed E-state index contributed by atoms with van der Waals surface area (Å²) >= 11 is 0. The molecule has 6 nitrogen and oxygen atoms in total. The lowest BCUT2D eigenvalue weighted by molar-refractivity contribution is -0.692. The summed E-state index contributed by atoms with van der Waals surface area (Å²) in [6.45, 7) is 10.8. The standard InChI is InChI=1S/C23H33N3O3S/c1-6-26(7-2)30(28,29)20-14-13-18(5)21(15-20)25-22(27)16-24-23(17(3)4)19-11-9-8-10-12-19/h8-15,17,23-24H,6-7,16H2,1-5H3,(H,25,27)/p+1/t23-/m1/s1. The maximum atomic E-state index is 12.8. The third-order valence-electron chi connectivity index (χ3n) is 5.29. The van der Waals surface area contributed by atoms with Crippen LogP contribution in [0.2, 0.25) is 0 Å². The average molecular weight is 433 g/mol. The summed E-state index contributed by atoms with van der Waals surface area (Å²) in [5.74, 6) is 0.210. The first-order valence-corrected chi connectivity index (χ1v) is 11.9.